The number of hydrogen-bond acceptors (Lipinski definition) is 1. The van der Waals surface area contributed by atoms with Crippen molar-refractivity contribution >= 4 is 21.8 Å². The summed E-state index contributed by atoms with van der Waals surface area (Å²) in [5.41, 5.74) is 1.57. The standard InChI is InChI=1S/C13H20BrNO/c14-9-12-8-13(16)15(10-12)7-6-11-4-2-1-3-5-11/h4,12H,1-3,5-10H2. The van der Waals surface area contributed by atoms with Crippen molar-refractivity contribution in [3.63, 3.8) is 0 Å². The average molecular weight is 286 g/mol. The van der Waals surface area contributed by atoms with Gasteiger partial charge in [-0.2, -0.15) is 0 Å². The minimum Gasteiger partial charge on any atom is -0.342 e. The van der Waals surface area contributed by atoms with Gasteiger partial charge in [-0.15, -0.1) is 0 Å². The molecule has 3 heteroatoms. The third-order valence-corrected chi connectivity index (χ3v) is 4.52. The lowest BCUT2D eigenvalue weighted by molar-refractivity contribution is -0.127. The number of halogens is 1. The minimum atomic E-state index is 0.348. The average Bonchev–Trinajstić information content (AvgIpc) is 2.69. The molecule has 1 heterocycles. The van der Waals surface area contributed by atoms with Crippen LogP contribution in [0.3, 0.4) is 0 Å². The van der Waals surface area contributed by atoms with E-state index in [4.69, 9.17) is 0 Å². The molecule has 1 aliphatic carbocycles. The topological polar surface area (TPSA) is 20.3 Å². The van der Waals surface area contributed by atoms with E-state index in [1.807, 2.05) is 4.90 Å². The molecule has 0 aromatic rings. The molecule has 1 atom stereocenters. The predicted octanol–water partition coefficient (Wildman–Crippen LogP) is 3.12. The fourth-order valence-corrected chi connectivity index (χ4v) is 3.02. The van der Waals surface area contributed by atoms with E-state index in [0.717, 1.165) is 31.3 Å². The first-order valence-corrected chi connectivity index (χ1v) is 7.43. The molecule has 90 valence electrons. The molecule has 0 saturated carbocycles. The van der Waals surface area contributed by atoms with Gasteiger partial charge in [0.1, 0.15) is 0 Å². The van der Waals surface area contributed by atoms with Crippen molar-refractivity contribution in [1.29, 1.82) is 0 Å². The van der Waals surface area contributed by atoms with Crippen molar-refractivity contribution < 1.29 is 4.79 Å². The lowest BCUT2D eigenvalue weighted by Gasteiger charge is -2.19. The molecule has 0 aromatic carbocycles. The van der Waals surface area contributed by atoms with E-state index >= 15 is 0 Å². The zero-order valence-corrected chi connectivity index (χ0v) is 11.3. The van der Waals surface area contributed by atoms with E-state index < -0.39 is 0 Å². The molecule has 0 bridgehead atoms. The number of carbonyl (C=O) groups excluding carboxylic acids is 1. The fraction of sp³-hybridized carbons (Fsp3) is 0.769. The number of nitrogens with zero attached hydrogens (tertiary/aromatic N) is 1. The van der Waals surface area contributed by atoms with Crippen molar-refractivity contribution in [3.05, 3.63) is 11.6 Å². The van der Waals surface area contributed by atoms with Crippen molar-refractivity contribution in [2.24, 2.45) is 5.92 Å². The van der Waals surface area contributed by atoms with Gasteiger partial charge >= 0.3 is 0 Å². The van der Waals surface area contributed by atoms with Gasteiger partial charge in [0, 0.05) is 24.8 Å². The maximum Gasteiger partial charge on any atom is 0.222 e. The molecule has 0 N–H and O–H groups in total. The third kappa shape index (κ3) is 3.09. The van der Waals surface area contributed by atoms with Crippen LogP contribution in [0.15, 0.2) is 11.6 Å². The molecular weight excluding hydrogens is 266 g/mol. The van der Waals surface area contributed by atoms with Gasteiger partial charge in [-0.05, 0) is 38.0 Å². The van der Waals surface area contributed by atoms with Crippen LogP contribution in [0.2, 0.25) is 0 Å². The predicted molar refractivity (Wildman–Crippen MR) is 69.6 cm³/mol. The number of likely N-dealkylation sites (tertiary alicyclic amines) is 1. The summed E-state index contributed by atoms with van der Waals surface area (Å²) in [7, 11) is 0. The van der Waals surface area contributed by atoms with Crippen molar-refractivity contribution in [2.45, 2.75) is 38.5 Å². The Morgan fingerprint density at radius 3 is 2.94 bits per heavy atom. The largest absolute Gasteiger partial charge is 0.342 e. The second kappa shape index (κ2) is 5.85. The molecule has 1 aliphatic heterocycles. The maximum atomic E-state index is 11.7. The van der Waals surface area contributed by atoms with Gasteiger partial charge < -0.3 is 4.90 Å². The molecular formula is C13H20BrNO. The highest BCUT2D eigenvalue weighted by Crippen LogP contribution is 2.23. The van der Waals surface area contributed by atoms with E-state index in [1.54, 1.807) is 5.57 Å². The Morgan fingerprint density at radius 2 is 2.31 bits per heavy atom. The van der Waals surface area contributed by atoms with Gasteiger partial charge in [0.2, 0.25) is 5.91 Å². The number of allylic oxidation sites excluding steroid dienone is 1. The number of alkyl halides is 1. The molecule has 1 unspecified atom stereocenters. The fourth-order valence-electron chi connectivity index (χ4n) is 2.58. The Hall–Kier alpha value is -0.310. The van der Waals surface area contributed by atoms with Gasteiger partial charge in [-0.25, -0.2) is 0 Å². The summed E-state index contributed by atoms with van der Waals surface area (Å²) < 4.78 is 0. The van der Waals surface area contributed by atoms with E-state index in [9.17, 15) is 4.79 Å². The van der Waals surface area contributed by atoms with Gasteiger partial charge in [-0.1, -0.05) is 27.6 Å². The zero-order chi connectivity index (χ0) is 11.4. The van der Waals surface area contributed by atoms with Crippen LogP contribution in [0.4, 0.5) is 0 Å². The second-order valence-corrected chi connectivity index (χ2v) is 5.57. The van der Waals surface area contributed by atoms with Crippen LogP contribution in [0.25, 0.3) is 0 Å². The number of rotatable bonds is 4. The normalized spacial score (nSPS) is 26.1. The highest BCUT2D eigenvalue weighted by Gasteiger charge is 2.28. The molecule has 0 aromatic heterocycles. The van der Waals surface area contributed by atoms with Crippen molar-refractivity contribution in [1.82, 2.24) is 4.90 Å². The first-order valence-electron chi connectivity index (χ1n) is 6.31. The van der Waals surface area contributed by atoms with Crippen LogP contribution in [0.5, 0.6) is 0 Å². The SMILES string of the molecule is O=C1CC(CBr)CN1CCC1=CCCCC1. The molecule has 1 fully saturated rings. The Balaban J connectivity index is 1.77. The summed E-state index contributed by atoms with van der Waals surface area (Å²) in [6.07, 6.45) is 9.40. The summed E-state index contributed by atoms with van der Waals surface area (Å²) in [6, 6.07) is 0. The number of carbonyl (C=O) groups is 1. The number of hydrogen-bond donors (Lipinski definition) is 0. The molecule has 0 radical (unpaired) electrons. The molecule has 1 saturated heterocycles. The summed E-state index contributed by atoms with van der Waals surface area (Å²) in [4.78, 5) is 13.7. The molecule has 2 aliphatic rings. The summed E-state index contributed by atoms with van der Waals surface area (Å²) in [5, 5.41) is 0.956. The van der Waals surface area contributed by atoms with Gasteiger partial charge in [-0.3, -0.25) is 4.79 Å². The highest BCUT2D eigenvalue weighted by molar-refractivity contribution is 9.09. The summed E-state index contributed by atoms with van der Waals surface area (Å²) >= 11 is 3.47. The highest BCUT2D eigenvalue weighted by atomic mass is 79.9. The second-order valence-electron chi connectivity index (χ2n) is 4.92. The van der Waals surface area contributed by atoms with E-state index in [2.05, 4.69) is 22.0 Å². The zero-order valence-electron chi connectivity index (χ0n) is 9.75. The lowest BCUT2D eigenvalue weighted by atomic mass is 9.97. The molecule has 16 heavy (non-hydrogen) atoms. The van der Waals surface area contributed by atoms with Crippen LogP contribution >= 0.6 is 15.9 Å². The summed E-state index contributed by atoms with van der Waals surface area (Å²) in [5.74, 6) is 0.883. The van der Waals surface area contributed by atoms with E-state index in [0.29, 0.717) is 11.8 Å². The Morgan fingerprint density at radius 1 is 1.44 bits per heavy atom. The Kier molecular flexibility index (Phi) is 4.45. The van der Waals surface area contributed by atoms with Crippen molar-refractivity contribution in [3.8, 4) is 0 Å². The van der Waals surface area contributed by atoms with Crippen LogP contribution in [-0.2, 0) is 4.79 Å². The van der Waals surface area contributed by atoms with Gasteiger partial charge in [0.15, 0.2) is 0 Å². The first kappa shape index (κ1) is 12.2. The lowest BCUT2D eigenvalue weighted by Crippen LogP contribution is -2.26. The smallest absolute Gasteiger partial charge is 0.222 e. The van der Waals surface area contributed by atoms with Crippen LogP contribution in [0, 0.1) is 5.92 Å². The third-order valence-electron chi connectivity index (χ3n) is 3.60. The van der Waals surface area contributed by atoms with Gasteiger partial charge in [0.25, 0.3) is 0 Å². The van der Waals surface area contributed by atoms with Crippen molar-refractivity contribution in [2.75, 3.05) is 18.4 Å². The monoisotopic (exact) mass is 285 g/mol. The first-order chi connectivity index (χ1) is 7.79. The van der Waals surface area contributed by atoms with E-state index in [1.165, 1.54) is 25.7 Å². The number of amides is 1. The van der Waals surface area contributed by atoms with Crippen LogP contribution in [0.1, 0.15) is 38.5 Å². The Labute approximate surface area is 106 Å². The molecule has 0 spiro atoms. The quantitative estimate of drug-likeness (QED) is 0.574. The van der Waals surface area contributed by atoms with Gasteiger partial charge in [0.05, 0.1) is 0 Å². The molecule has 2 nitrogen and oxygen atoms in total. The summed E-state index contributed by atoms with van der Waals surface area (Å²) in [6.45, 7) is 1.89. The molecule has 1 amide bonds. The maximum absolute atomic E-state index is 11.7. The van der Waals surface area contributed by atoms with Crippen LogP contribution in [-0.4, -0.2) is 29.2 Å². The molecule has 2 rings (SSSR count). The minimum absolute atomic E-state index is 0.348. The Bertz CT molecular complexity index is 288. The van der Waals surface area contributed by atoms with Crippen LogP contribution < -0.4 is 0 Å². The van der Waals surface area contributed by atoms with E-state index in [-0.39, 0.29) is 0 Å².